The summed E-state index contributed by atoms with van der Waals surface area (Å²) in [5.74, 6) is 0.0504. The second kappa shape index (κ2) is 8.65. The van der Waals surface area contributed by atoms with Crippen LogP contribution in [0.1, 0.15) is 35.6 Å². The van der Waals surface area contributed by atoms with Gasteiger partial charge in [0.15, 0.2) is 0 Å². The Labute approximate surface area is 145 Å². The highest BCUT2D eigenvalue weighted by Crippen LogP contribution is 2.21. The Bertz CT molecular complexity index is 656. The Morgan fingerprint density at radius 3 is 2.25 bits per heavy atom. The fourth-order valence-electron chi connectivity index (χ4n) is 3.13. The van der Waals surface area contributed by atoms with Gasteiger partial charge in [-0.25, -0.2) is 0 Å². The monoisotopic (exact) mass is 324 g/mol. The van der Waals surface area contributed by atoms with E-state index in [9.17, 15) is 4.79 Å². The van der Waals surface area contributed by atoms with Crippen molar-refractivity contribution >= 4 is 11.6 Å². The number of hydrogen-bond donors (Lipinski definition) is 1. The van der Waals surface area contributed by atoms with E-state index in [1.807, 2.05) is 32.0 Å². The molecule has 0 aromatic heterocycles. The average Bonchev–Trinajstić information content (AvgIpc) is 2.52. The maximum Gasteiger partial charge on any atom is 0.238 e. The number of amides is 1. The second-order valence-electron chi connectivity index (χ2n) is 6.52. The number of carbonyl (C=O) groups is 1. The Kier molecular flexibility index (Phi) is 6.56. The lowest BCUT2D eigenvalue weighted by Crippen LogP contribution is -2.33. The maximum absolute atomic E-state index is 12.5. The molecular weight excluding hydrogens is 296 g/mol. The van der Waals surface area contributed by atoms with E-state index >= 15 is 0 Å². The van der Waals surface area contributed by atoms with Crippen LogP contribution in [-0.4, -0.2) is 23.9 Å². The number of benzene rings is 2. The second-order valence-corrected chi connectivity index (χ2v) is 6.52. The Morgan fingerprint density at radius 1 is 1.04 bits per heavy atom. The summed E-state index contributed by atoms with van der Waals surface area (Å²) in [6.07, 6.45) is 1.03. The SMILES string of the molecule is CCCN(CC(=O)Nc1c(C)cc(C)cc1C)Cc1ccccc1. The van der Waals surface area contributed by atoms with Crippen LogP contribution < -0.4 is 5.32 Å². The summed E-state index contributed by atoms with van der Waals surface area (Å²) >= 11 is 0. The molecule has 2 aromatic carbocycles. The molecule has 3 heteroatoms. The summed E-state index contributed by atoms with van der Waals surface area (Å²) in [7, 11) is 0. The first kappa shape index (κ1) is 18.2. The van der Waals surface area contributed by atoms with Gasteiger partial charge in [0.2, 0.25) is 5.91 Å². The lowest BCUT2D eigenvalue weighted by atomic mass is 10.1. The predicted molar refractivity (Wildman–Crippen MR) is 101 cm³/mol. The van der Waals surface area contributed by atoms with Crippen molar-refractivity contribution in [1.82, 2.24) is 4.90 Å². The fourth-order valence-corrected chi connectivity index (χ4v) is 3.13. The highest BCUT2D eigenvalue weighted by molar-refractivity contribution is 5.93. The molecule has 1 N–H and O–H groups in total. The molecule has 0 atom stereocenters. The first-order valence-electron chi connectivity index (χ1n) is 8.63. The molecule has 0 aliphatic rings. The molecule has 0 spiro atoms. The summed E-state index contributed by atoms with van der Waals surface area (Å²) in [6.45, 7) is 10.4. The number of nitrogens with one attached hydrogen (secondary N) is 1. The summed E-state index contributed by atoms with van der Waals surface area (Å²) in [5, 5.41) is 3.10. The van der Waals surface area contributed by atoms with Gasteiger partial charge >= 0.3 is 0 Å². The molecule has 0 aliphatic carbocycles. The van der Waals surface area contributed by atoms with Gasteiger partial charge in [0.1, 0.15) is 0 Å². The molecule has 0 aliphatic heterocycles. The van der Waals surface area contributed by atoms with Gasteiger partial charge < -0.3 is 5.32 Å². The Hall–Kier alpha value is -2.13. The van der Waals surface area contributed by atoms with Crippen molar-refractivity contribution in [1.29, 1.82) is 0 Å². The van der Waals surface area contributed by atoms with Crippen LogP contribution in [0.3, 0.4) is 0 Å². The molecule has 0 fully saturated rings. The lowest BCUT2D eigenvalue weighted by Gasteiger charge is -2.22. The molecular formula is C21H28N2O. The zero-order valence-corrected chi connectivity index (χ0v) is 15.2. The van der Waals surface area contributed by atoms with Crippen molar-refractivity contribution in [2.24, 2.45) is 0 Å². The topological polar surface area (TPSA) is 32.3 Å². The van der Waals surface area contributed by atoms with Gasteiger partial charge in [0.05, 0.1) is 6.54 Å². The van der Waals surface area contributed by atoms with Crippen molar-refractivity contribution in [2.75, 3.05) is 18.4 Å². The summed E-state index contributed by atoms with van der Waals surface area (Å²) in [5.41, 5.74) is 5.64. The van der Waals surface area contributed by atoms with Crippen LogP contribution in [0, 0.1) is 20.8 Å². The lowest BCUT2D eigenvalue weighted by molar-refractivity contribution is -0.117. The van der Waals surface area contributed by atoms with E-state index in [4.69, 9.17) is 0 Å². The molecule has 0 radical (unpaired) electrons. The normalized spacial score (nSPS) is 10.9. The smallest absolute Gasteiger partial charge is 0.238 e. The summed E-state index contributed by atoms with van der Waals surface area (Å²) < 4.78 is 0. The number of anilines is 1. The van der Waals surface area contributed by atoms with Crippen molar-refractivity contribution < 1.29 is 4.79 Å². The van der Waals surface area contributed by atoms with Crippen molar-refractivity contribution in [3.05, 3.63) is 64.7 Å². The molecule has 1 amide bonds. The van der Waals surface area contributed by atoms with Crippen LogP contribution in [0.25, 0.3) is 0 Å². The van der Waals surface area contributed by atoms with E-state index in [0.29, 0.717) is 6.54 Å². The predicted octanol–water partition coefficient (Wildman–Crippen LogP) is 4.46. The third-order valence-corrected chi connectivity index (χ3v) is 4.10. The first-order chi connectivity index (χ1) is 11.5. The van der Waals surface area contributed by atoms with E-state index < -0.39 is 0 Å². The zero-order valence-electron chi connectivity index (χ0n) is 15.2. The average molecular weight is 324 g/mol. The fraction of sp³-hybridized carbons (Fsp3) is 0.381. The number of nitrogens with zero attached hydrogens (tertiary/aromatic N) is 1. The quantitative estimate of drug-likeness (QED) is 0.815. The van der Waals surface area contributed by atoms with Crippen molar-refractivity contribution in [3.63, 3.8) is 0 Å². The van der Waals surface area contributed by atoms with Crippen LogP contribution in [0.2, 0.25) is 0 Å². The highest BCUT2D eigenvalue weighted by atomic mass is 16.2. The van der Waals surface area contributed by atoms with Crippen LogP contribution in [0.15, 0.2) is 42.5 Å². The Balaban J connectivity index is 2.03. The van der Waals surface area contributed by atoms with E-state index in [0.717, 1.165) is 36.3 Å². The van der Waals surface area contributed by atoms with Crippen LogP contribution in [0.5, 0.6) is 0 Å². The van der Waals surface area contributed by atoms with E-state index in [1.54, 1.807) is 0 Å². The van der Waals surface area contributed by atoms with E-state index in [-0.39, 0.29) is 5.91 Å². The summed E-state index contributed by atoms with van der Waals surface area (Å²) in [4.78, 5) is 14.7. The van der Waals surface area contributed by atoms with Crippen molar-refractivity contribution in [3.8, 4) is 0 Å². The Morgan fingerprint density at radius 2 is 1.67 bits per heavy atom. The van der Waals surface area contributed by atoms with Gasteiger partial charge in [-0.3, -0.25) is 9.69 Å². The minimum absolute atomic E-state index is 0.0504. The first-order valence-corrected chi connectivity index (χ1v) is 8.63. The van der Waals surface area contributed by atoms with Crippen molar-refractivity contribution in [2.45, 2.75) is 40.7 Å². The van der Waals surface area contributed by atoms with Gasteiger partial charge in [0, 0.05) is 12.2 Å². The molecule has 24 heavy (non-hydrogen) atoms. The largest absolute Gasteiger partial charge is 0.324 e. The number of rotatable bonds is 7. The standard InChI is InChI=1S/C21H28N2O/c1-5-11-23(14-19-9-7-6-8-10-19)15-20(24)22-21-17(3)12-16(2)13-18(21)4/h6-10,12-13H,5,11,14-15H2,1-4H3,(H,22,24). The molecule has 128 valence electrons. The van der Waals surface area contributed by atoms with Gasteiger partial charge in [-0.2, -0.15) is 0 Å². The molecule has 0 heterocycles. The molecule has 3 nitrogen and oxygen atoms in total. The van der Waals surface area contributed by atoms with Crippen LogP contribution >= 0.6 is 0 Å². The third kappa shape index (κ3) is 5.20. The third-order valence-electron chi connectivity index (χ3n) is 4.10. The molecule has 2 rings (SSSR count). The molecule has 0 unspecified atom stereocenters. The van der Waals surface area contributed by atoms with Gasteiger partial charge in [-0.05, 0) is 50.4 Å². The van der Waals surface area contributed by atoms with E-state index in [1.165, 1.54) is 11.1 Å². The zero-order chi connectivity index (χ0) is 17.5. The number of aryl methyl sites for hydroxylation is 3. The van der Waals surface area contributed by atoms with Gasteiger partial charge in [-0.1, -0.05) is 55.0 Å². The maximum atomic E-state index is 12.5. The minimum atomic E-state index is 0.0504. The molecule has 0 bridgehead atoms. The number of hydrogen-bond acceptors (Lipinski definition) is 2. The molecule has 0 saturated carbocycles. The highest BCUT2D eigenvalue weighted by Gasteiger charge is 2.13. The van der Waals surface area contributed by atoms with Crippen LogP contribution in [0.4, 0.5) is 5.69 Å². The number of carbonyl (C=O) groups excluding carboxylic acids is 1. The molecule has 0 saturated heterocycles. The van der Waals surface area contributed by atoms with Crippen LogP contribution in [-0.2, 0) is 11.3 Å². The van der Waals surface area contributed by atoms with Gasteiger partial charge in [-0.15, -0.1) is 0 Å². The minimum Gasteiger partial charge on any atom is -0.324 e. The molecule has 2 aromatic rings. The summed E-state index contributed by atoms with van der Waals surface area (Å²) in [6, 6.07) is 14.5. The van der Waals surface area contributed by atoms with Gasteiger partial charge in [0.25, 0.3) is 0 Å². The van der Waals surface area contributed by atoms with E-state index in [2.05, 4.69) is 48.3 Å².